The largest absolute Gasteiger partial charge is 0.372 e. The van der Waals surface area contributed by atoms with Gasteiger partial charge in [-0.25, -0.2) is 13.1 Å². The second kappa shape index (κ2) is 8.69. The number of hydrogen-bond donors (Lipinski definition) is 1. The molecule has 0 amide bonds. The lowest BCUT2D eigenvalue weighted by atomic mass is 10.2. The molecule has 29 heavy (non-hydrogen) atoms. The highest BCUT2D eigenvalue weighted by atomic mass is 32.2. The second-order valence-electron chi connectivity index (χ2n) is 7.12. The molecule has 3 rings (SSSR count). The van der Waals surface area contributed by atoms with Gasteiger partial charge in [-0.3, -0.25) is 9.36 Å². The Morgan fingerprint density at radius 3 is 2.31 bits per heavy atom. The molecule has 0 aliphatic rings. The van der Waals surface area contributed by atoms with Crippen molar-refractivity contribution in [2.45, 2.75) is 45.2 Å². The fourth-order valence-electron chi connectivity index (χ4n) is 3.35. The first-order valence-electron chi connectivity index (χ1n) is 9.75. The maximum absolute atomic E-state index is 12.7. The van der Waals surface area contributed by atoms with Crippen LogP contribution in [0, 0.1) is 0 Å². The van der Waals surface area contributed by atoms with E-state index in [0.29, 0.717) is 4.70 Å². The monoisotopic (exact) mass is 433 g/mol. The molecular formula is C21H27N3O3S2. The first kappa shape index (κ1) is 21.5. The van der Waals surface area contributed by atoms with Gasteiger partial charge in [0.2, 0.25) is 10.0 Å². The number of nitrogens with zero attached hydrogens (tertiary/aromatic N) is 2. The van der Waals surface area contributed by atoms with Crippen molar-refractivity contribution in [3.63, 3.8) is 0 Å². The zero-order chi connectivity index (χ0) is 21.2. The molecule has 0 bridgehead atoms. The summed E-state index contributed by atoms with van der Waals surface area (Å²) in [4.78, 5) is 14.5. The molecule has 0 saturated heterocycles. The summed E-state index contributed by atoms with van der Waals surface area (Å²) < 4.78 is 30.5. The van der Waals surface area contributed by atoms with Gasteiger partial charge in [0, 0.05) is 31.4 Å². The Balaban J connectivity index is 1.78. The molecule has 1 N–H and O–H groups in total. The molecule has 0 fully saturated rings. The smallest absolute Gasteiger partial charge is 0.308 e. The normalized spacial score (nSPS) is 12.0. The first-order chi connectivity index (χ1) is 13.8. The van der Waals surface area contributed by atoms with E-state index in [2.05, 4.69) is 23.5 Å². The number of fused-ring (bicyclic) bond motifs is 1. The average Bonchev–Trinajstić information content (AvgIpc) is 3.03. The maximum atomic E-state index is 12.7. The van der Waals surface area contributed by atoms with Crippen molar-refractivity contribution in [3.8, 4) is 0 Å². The summed E-state index contributed by atoms with van der Waals surface area (Å²) in [7, 11) is -3.67. The maximum Gasteiger partial charge on any atom is 0.308 e. The molecule has 1 heterocycles. The molecule has 6 nitrogen and oxygen atoms in total. The van der Waals surface area contributed by atoms with E-state index in [0.717, 1.165) is 41.2 Å². The molecule has 0 aliphatic heterocycles. The van der Waals surface area contributed by atoms with E-state index in [1.165, 1.54) is 0 Å². The fourth-order valence-corrected chi connectivity index (χ4v) is 5.52. The molecule has 0 spiro atoms. The van der Waals surface area contributed by atoms with E-state index in [1.807, 2.05) is 38.1 Å². The van der Waals surface area contributed by atoms with Gasteiger partial charge in [0.25, 0.3) is 0 Å². The third kappa shape index (κ3) is 4.55. The van der Waals surface area contributed by atoms with Gasteiger partial charge >= 0.3 is 4.87 Å². The fraction of sp³-hybridized carbons (Fsp3) is 0.381. The number of aromatic nitrogens is 1. The number of hydrogen-bond acceptors (Lipinski definition) is 5. The van der Waals surface area contributed by atoms with E-state index in [-0.39, 0.29) is 22.4 Å². The molecule has 3 aromatic rings. The quantitative estimate of drug-likeness (QED) is 0.584. The minimum atomic E-state index is -3.67. The zero-order valence-electron chi connectivity index (χ0n) is 17.2. The van der Waals surface area contributed by atoms with Crippen LogP contribution in [0.3, 0.4) is 0 Å². The van der Waals surface area contributed by atoms with Crippen molar-refractivity contribution in [2.24, 2.45) is 0 Å². The molecule has 0 radical (unpaired) electrons. The van der Waals surface area contributed by atoms with Crippen LogP contribution in [0.5, 0.6) is 0 Å². The van der Waals surface area contributed by atoms with Crippen LogP contribution < -0.4 is 14.5 Å². The summed E-state index contributed by atoms with van der Waals surface area (Å²) in [6, 6.07) is 12.8. The van der Waals surface area contributed by atoms with Gasteiger partial charge in [-0.05, 0) is 63.6 Å². The SMILES string of the molecule is CCN(CC)c1ccc(CNS(=O)(=O)c2ccc3c(c2)sc(=O)n3C(C)C)cc1. The van der Waals surface area contributed by atoms with Crippen molar-refractivity contribution in [1.29, 1.82) is 0 Å². The number of anilines is 1. The molecular weight excluding hydrogens is 406 g/mol. The van der Waals surface area contributed by atoms with Crippen LogP contribution in [-0.2, 0) is 16.6 Å². The van der Waals surface area contributed by atoms with Gasteiger partial charge in [-0.15, -0.1) is 0 Å². The minimum absolute atomic E-state index is 0.0242. The van der Waals surface area contributed by atoms with Gasteiger partial charge in [-0.1, -0.05) is 23.5 Å². The summed E-state index contributed by atoms with van der Waals surface area (Å²) >= 11 is 1.07. The number of rotatable bonds is 8. The van der Waals surface area contributed by atoms with Crippen molar-refractivity contribution in [2.75, 3.05) is 18.0 Å². The Kier molecular flexibility index (Phi) is 6.45. The highest BCUT2D eigenvalue weighted by Crippen LogP contribution is 2.24. The van der Waals surface area contributed by atoms with Crippen molar-refractivity contribution in [1.82, 2.24) is 9.29 Å². The standard InChI is InChI=1S/C21H27N3O3S2/c1-5-23(6-2)17-9-7-16(8-10-17)14-22-29(26,27)18-11-12-19-20(13-18)28-21(25)24(19)15(3)4/h7-13,15,22H,5-6,14H2,1-4H3. The lowest BCUT2D eigenvalue weighted by molar-refractivity contribution is 0.581. The van der Waals surface area contributed by atoms with Crippen LogP contribution in [0.4, 0.5) is 5.69 Å². The Morgan fingerprint density at radius 1 is 1.07 bits per heavy atom. The number of nitrogens with one attached hydrogen (secondary N) is 1. The second-order valence-corrected chi connectivity index (χ2v) is 9.88. The van der Waals surface area contributed by atoms with Crippen molar-refractivity contribution in [3.05, 3.63) is 57.7 Å². The van der Waals surface area contributed by atoms with Gasteiger partial charge in [-0.2, -0.15) is 0 Å². The Bertz CT molecular complexity index is 1140. The number of sulfonamides is 1. The lowest BCUT2D eigenvalue weighted by Crippen LogP contribution is -2.24. The molecule has 0 saturated carbocycles. The molecule has 1 aromatic heterocycles. The van der Waals surface area contributed by atoms with Gasteiger partial charge in [0.15, 0.2) is 0 Å². The van der Waals surface area contributed by atoms with E-state index in [4.69, 9.17) is 0 Å². The van der Waals surface area contributed by atoms with Crippen LogP contribution in [0.1, 0.15) is 39.3 Å². The van der Waals surface area contributed by atoms with Crippen molar-refractivity contribution < 1.29 is 8.42 Å². The first-order valence-corrected chi connectivity index (χ1v) is 12.1. The Hall–Kier alpha value is -2.16. The van der Waals surface area contributed by atoms with Crippen molar-refractivity contribution >= 4 is 37.3 Å². The van der Waals surface area contributed by atoms with E-state index < -0.39 is 10.0 Å². The third-order valence-corrected chi connectivity index (χ3v) is 7.26. The molecule has 0 atom stereocenters. The Morgan fingerprint density at radius 2 is 1.72 bits per heavy atom. The minimum Gasteiger partial charge on any atom is -0.372 e. The van der Waals surface area contributed by atoms with Gasteiger partial charge < -0.3 is 4.90 Å². The van der Waals surface area contributed by atoms with Crippen LogP contribution in [0.25, 0.3) is 10.2 Å². The summed E-state index contributed by atoms with van der Waals surface area (Å²) in [6.45, 7) is 10.1. The van der Waals surface area contributed by atoms with Gasteiger partial charge in [0.05, 0.1) is 15.1 Å². The Labute approximate surface area is 175 Å². The summed E-state index contributed by atoms with van der Waals surface area (Å²) in [5, 5.41) is 0. The van der Waals surface area contributed by atoms with E-state index in [1.54, 1.807) is 22.8 Å². The molecule has 8 heteroatoms. The molecule has 156 valence electrons. The highest BCUT2D eigenvalue weighted by molar-refractivity contribution is 7.89. The molecule has 0 aliphatic carbocycles. The average molecular weight is 434 g/mol. The highest BCUT2D eigenvalue weighted by Gasteiger charge is 2.17. The third-order valence-electron chi connectivity index (χ3n) is 4.94. The van der Waals surface area contributed by atoms with Crippen LogP contribution in [0.2, 0.25) is 0 Å². The van der Waals surface area contributed by atoms with Gasteiger partial charge in [0.1, 0.15) is 0 Å². The topological polar surface area (TPSA) is 71.4 Å². The predicted molar refractivity (Wildman–Crippen MR) is 120 cm³/mol. The summed E-state index contributed by atoms with van der Waals surface area (Å²) in [6.07, 6.45) is 0. The van der Waals surface area contributed by atoms with Crippen LogP contribution >= 0.6 is 11.3 Å². The summed E-state index contributed by atoms with van der Waals surface area (Å²) in [5.41, 5.74) is 2.78. The number of benzene rings is 2. The molecule has 0 unspecified atom stereocenters. The van der Waals surface area contributed by atoms with Crippen LogP contribution in [0.15, 0.2) is 52.2 Å². The lowest BCUT2D eigenvalue weighted by Gasteiger charge is -2.21. The zero-order valence-corrected chi connectivity index (χ0v) is 18.8. The summed E-state index contributed by atoms with van der Waals surface area (Å²) in [5.74, 6) is 0. The van der Waals surface area contributed by atoms with E-state index in [9.17, 15) is 13.2 Å². The molecule has 2 aromatic carbocycles. The predicted octanol–water partition coefficient (Wildman–Crippen LogP) is 3.97. The number of thiazole rings is 1. The van der Waals surface area contributed by atoms with E-state index >= 15 is 0 Å². The van der Waals surface area contributed by atoms with Crippen LogP contribution in [-0.4, -0.2) is 26.1 Å².